The van der Waals surface area contributed by atoms with Gasteiger partial charge in [0.25, 0.3) is 0 Å². The highest BCUT2D eigenvalue weighted by atomic mass is 16.3. The van der Waals surface area contributed by atoms with Crippen LogP contribution in [0.1, 0.15) is 40.5 Å². The molecule has 0 aromatic rings. The summed E-state index contributed by atoms with van der Waals surface area (Å²) in [7, 11) is 0. The monoisotopic (exact) mass is 168 g/mol. The van der Waals surface area contributed by atoms with Crippen molar-refractivity contribution in [1.29, 1.82) is 0 Å². The lowest BCUT2D eigenvalue weighted by Gasteiger charge is -2.04. The topological polar surface area (TPSA) is 20.2 Å². The third-order valence-corrected chi connectivity index (χ3v) is 1.22. The standard InChI is InChI=1S/C7H10.C4H10O/c1-7-5-3-2-4-6-7;1-4(2,3)5/h2-3,5H,4,6H2,1H3;5H,1-3H3. The summed E-state index contributed by atoms with van der Waals surface area (Å²) in [6.45, 7) is 7.40. The SMILES string of the molecule is CC(C)(C)O.CC1=CC=CCC1. The van der Waals surface area contributed by atoms with E-state index in [-0.39, 0.29) is 0 Å². The molecule has 1 aliphatic carbocycles. The fraction of sp³-hybridized carbons (Fsp3) is 0.636. The predicted molar refractivity (Wildman–Crippen MR) is 54.1 cm³/mol. The Balaban J connectivity index is 0.000000217. The van der Waals surface area contributed by atoms with Gasteiger partial charge in [0.1, 0.15) is 0 Å². The second-order valence-electron chi connectivity index (χ2n) is 4.15. The van der Waals surface area contributed by atoms with Gasteiger partial charge in [-0.3, -0.25) is 0 Å². The Bertz CT molecular complexity index is 164. The van der Waals surface area contributed by atoms with Crippen molar-refractivity contribution in [3.05, 3.63) is 23.8 Å². The highest BCUT2D eigenvalue weighted by molar-refractivity contribution is 5.15. The molecule has 1 heteroatoms. The highest BCUT2D eigenvalue weighted by Crippen LogP contribution is 2.08. The van der Waals surface area contributed by atoms with E-state index in [1.165, 1.54) is 18.4 Å². The summed E-state index contributed by atoms with van der Waals surface area (Å²) >= 11 is 0. The molecule has 0 heterocycles. The summed E-state index contributed by atoms with van der Waals surface area (Å²) in [6, 6.07) is 0. The zero-order chi connectivity index (χ0) is 9.61. The zero-order valence-electron chi connectivity index (χ0n) is 8.59. The van der Waals surface area contributed by atoms with Gasteiger partial charge >= 0.3 is 0 Å². The van der Waals surface area contributed by atoms with E-state index in [0.29, 0.717) is 0 Å². The molecule has 0 amide bonds. The van der Waals surface area contributed by atoms with Gasteiger partial charge in [0, 0.05) is 0 Å². The van der Waals surface area contributed by atoms with Crippen LogP contribution in [0.2, 0.25) is 0 Å². The maximum atomic E-state index is 8.52. The molecular formula is C11H20O. The number of aliphatic hydroxyl groups is 1. The fourth-order valence-electron chi connectivity index (χ4n) is 0.723. The second-order valence-corrected chi connectivity index (χ2v) is 4.15. The van der Waals surface area contributed by atoms with Crippen LogP contribution in [0.3, 0.4) is 0 Å². The van der Waals surface area contributed by atoms with E-state index in [1.807, 2.05) is 0 Å². The summed E-state index contributed by atoms with van der Waals surface area (Å²) in [4.78, 5) is 0. The van der Waals surface area contributed by atoms with Crippen molar-refractivity contribution in [1.82, 2.24) is 0 Å². The van der Waals surface area contributed by atoms with Crippen LogP contribution in [0, 0.1) is 0 Å². The van der Waals surface area contributed by atoms with Crippen molar-refractivity contribution >= 4 is 0 Å². The van der Waals surface area contributed by atoms with Crippen LogP contribution in [0.4, 0.5) is 0 Å². The van der Waals surface area contributed by atoms with Crippen LogP contribution in [0.15, 0.2) is 23.8 Å². The lowest BCUT2D eigenvalue weighted by atomic mass is 10.1. The summed E-state index contributed by atoms with van der Waals surface area (Å²) in [5.74, 6) is 0. The van der Waals surface area contributed by atoms with Crippen molar-refractivity contribution in [2.45, 2.75) is 46.1 Å². The number of rotatable bonds is 0. The molecule has 0 aromatic heterocycles. The maximum Gasteiger partial charge on any atom is 0.0563 e. The van der Waals surface area contributed by atoms with Crippen LogP contribution < -0.4 is 0 Å². The second kappa shape index (κ2) is 5.15. The maximum absolute atomic E-state index is 8.52. The Morgan fingerprint density at radius 1 is 1.33 bits per heavy atom. The minimum atomic E-state index is -0.500. The van der Waals surface area contributed by atoms with Gasteiger partial charge < -0.3 is 5.11 Å². The average Bonchev–Trinajstić information content (AvgIpc) is 1.85. The lowest BCUT2D eigenvalue weighted by molar-refractivity contribution is 0.102. The van der Waals surface area contributed by atoms with Crippen LogP contribution in [0.25, 0.3) is 0 Å². The van der Waals surface area contributed by atoms with Crippen molar-refractivity contribution < 1.29 is 5.11 Å². The molecule has 0 bridgehead atoms. The van der Waals surface area contributed by atoms with E-state index in [1.54, 1.807) is 20.8 Å². The van der Waals surface area contributed by atoms with Gasteiger partial charge in [-0.15, -0.1) is 0 Å². The van der Waals surface area contributed by atoms with Gasteiger partial charge in [0.2, 0.25) is 0 Å². The van der Waals surface area contributed by atoms with Crippen LogP contribution in [-0.4, -0.2) is 10.7 Å². The molecule has 0 spiro atoms. The van der Waals surface area contributed by atoms with Crippen molar-refractivity contribution in [2.24, 2.45) is 0 Å². The minimum Gasteiger partial charge on any atom is -0.391 e. The molecule has 0 fully saturated rings. The third-order valence-electron chi connectivity index (χ3n) is 1.22. The van der Waals surface area contributed by atoms with Gasteiger partial charge in [-0.05, 0) is 40.5 Å². The molecule has 1 nitrogen and oxygen atoms in total. The number of hydrogen-bond donors (Lipinski definition) is 1. The molecule has 70 valence electrons. The van der Waals surface area contributed by atoms with E-state index >= 15 is 0 Å². The van der Waals surface area contributed by atoms with Gasteiger partial charge in [-0.1, -0.05) is 23.8 Å². The Kier molecular flexibility index (Phi) is 4.91. The number of hydrogen-bond acceptors (Lipinski definition) is 1. The van der Waals surface area contributed by atoms with Gasteiger partial charge in [0.15, 0.2) is 0 Å². The van der Waals surface area contributed by atoms with Crippen LogP contribution in [-0.2, 0) is 0 Å². The van der Waals surface area contributed by atoms with E-state index in [0.717, 1.165) is 0 Å². The molecule has 1 N–H and O–H groups in total. The fourth-order valence-corrected chi connectivity index (χ4v) is 0.723. The molecule has 12 heavy (non-hydrogen) atoms. The molecule has 1 aliphatic rings. The van der Waals surface area contributed by atoms with Crippen molar-refractivity contribution in [3.63, 3.8) is 0 Å². The molecule has 0 radical (unpaired) electrons. The summed E-state index contributed by atoms with van der Waals surface area (Å²) in [6.07, 6.45) is 8.99. The normalized spacial score (nSPS) is 16.2. The molecular weight excluding hydrogens is 148 g/mol. The molecule has 0 aromatic carbocycles. The van der Waals surface area contributed by atoms with Crippen LogP contribution >= 0.6 is 0 Å². The quantitative estimate of drug-likeness (QED) is 0.589. The lowest BCUT2D eigenvalue weighted by Crippen LogP contribution is -2.10. The van der Waals surface area contributed by atoms with Crippen molar-refractivity contribution in [2.75, 3.05) is 0 Å². The zero-order valence-corrected chi connectivity index (χ0v) is 8.59. The first kappa shape index (κ1) is 11.4. The van der Waals surface area contributed by atoms with E-state index in [2.05, 4.69) is 25.2 Å². The Morgan fingerprint density at radius 2 is 1.83 bits per heavy atom. The smallest absolute Gasteiger partial charge is 0.0563 e. The summed E-state index contributed by atoms with van der Waals surface area (Å²) < 4.78 is 0. The van der Waals surface area contributed by atoms with Crippen LogP contribution in [0.5, 0.6) is 0 Å². The molecule has 0 saturated heterocycles. The predicted octanol–water partition coefficient (Wildman–Crippen LogP) is 3.06. The summed E-state index contributed by atoms with van der Waals surface area (Å²) in [5, 5.41) is 8.52. The highest BCUT2D eigenvalue weighted by Gasteiger charge is 1.97. The van der Waals surface area contributed by atoms with Crippen molar-refractivity contribution in [3.8, 4) is 0 Å². The Hall–Kier alpha value is -0.560. The van der Waals surface area contributed by atoms with Gasteiger partial charge in [-0.25, -0.2) is 0 Å². The first-order valence-electron chi connectivity index (χ1n) is 4.44. The first-order chi connectivity index (χ1) is 5.39. The van der Waals surface area contributed by atoms with Gasteiger partial charge in [0.05, 0.1) is 5.60 Å². The summed E-state index contributed by atoms with van der Waals surface area (Å²) in [5.41, 5.74) is 1.00. The molecule has 0 aliphatic heterocycles. The minimum absolute atomic E-state index is 0.500. The van der Waals surface area contributed by atoms with E-state index in [9.17, 15) is 0 Å². The average molecular weight is 168 g/mol. The Morgan fingerprint density at radius 3 is 2.00 bits per heavy atom. The molecule has 0 atom stereocenters. The van der Waals surface area contributed by atoms with Gasteiger partial charge in [-0.2, -0.15) is 0 Å². The van der Waals surface area contributed by atoms with E-state index < -0.39 is 5.60 Å². The molecule has 1 rings (SSSR count). The Labute approximate surface area is 75.8 Å². The third kappa shape index (κ3) is 12.1. The molecule has 0 saturated carbocycles. The van der Waals surface area contributed by atoms with E-state index in [4.69, 9.17) is 5.11 Å². The largest absolute Gasteiger partial charge is 0.391 e. The first-order valence-corrected chi connectivity index (χ1v) is 4.44. The number of allylic oxidation sites excluding steroid dienone is 4. The molecule has 0 unspecified atom stereocenters.